The van der Waals surface area contributed by atoms with Gasteiger partial charge in [0.05, 0.1) is 5.60 Å². The molecule has 0 heterocycles. The third-order valence-corrected chi connectivity index (χ3v) is 4.24. The van der Waals surface area contributed by atoms with Gasteiger partial charge in [0.2, 0.25) is 0 Å². The van der Waals surface area contributed by atoms with Crippen LogP contribution in [0, 0.1) is 5.92 Å². The van der Waals surface area contributed by atoms with E-state index in [-0.39, 0.29) is 5.60 Å². The smallest absolute Gasteiger partial charge is 0.0622 e. The molecular formula is C15H31NO. The number of methoxy groups -OCH3 is 1. The minimum absolute atomic E-state index is 0.0484. The third-order valence-electron chi connectivity index (χ3n) is 4.24. The zero-order valence-electron chi connectivity index (χ0n) is 12.2. The van der Waals surface area contributed by atoms with Crippen LogP contribution in [0.5, 0.6) is 0 Å². The fourth-order valence-corrected chi connectivity index (χ4v) is 2.79. The van der Waals surface area contributed by atoms with E-state index >= 15 is 0 Å². The van der Waals surface area contributed by atoms with E-state index < -0.39 is 0 Å². The van der Waals surface area contributed by atoms with Gasteiger partial charge in [0.15, 0.2) is 0 Å². The molecule has 17 heavy (non-hydrogen) atoms. The van der Waals surface area contributed by atoms with Gasteiger partial charge < -0.3 is 10.1 Å². The lowest BCUT2D eigenvalue weighted by atomic mass is 9.80. The average Bonchev–Trinajstić information content (AvgIpc) is 2.35. The van der Waals surface area contributed by atoms with E-state index in [0.717, 1.165) is 12.0 Å². The lowest BCUT2D eigenvalue weighted by Crippen LogP contribution is -2.39. The van der Waals surface area contributed by atoms with E-state index in [0.29, 0.717) is 0 Å². The minimum Gasteiger partial charge on any atom is -0.379 e. The highest BCUT2D eigenvalue weighted by Crippen LogP contribution is 2.30. The summed E-state index contributed by atoms with van der Waals surface area (Å²) in [6, 6.07) is 0.761. The standard InChI is InChI=1S/C15H31NO/c1-5-12-16-14-9-7-6-8-13(14)10-11-15(2,3)17-4/h13-14,16H,5-12H2,1-4H3. The molecule has 2 atom stereocenters. The van der Waals surface area contributed by atoms with Crippen LogP contribution in [0.25, 0.3) is 0 Å². The van der Waals surface area contributed by atoms with Gasteiger partial charge in [-0.25, -0.2) is 0 Å². The second kappa shape index (κ2) is 7.38. The van der Waals surface area contributed by atoms with Crippen LogP contribution >= 0.6 is 0 Å². The van der Waals surface area contributed by atoms with Crippen LogP contribution in [0.2, 0.25) is 0 Å². The van der Waals surface area contributed by atoms with Crippen molar-refractivity contribution in [2.75, 3.05) is 13.7 Å². The largest absolute Gasteiger partial charge is 0.379 e. The van der Waals surface area contributed by atoms with Gasteiger partial charge in [-0.1, -0.05) is 19.8 Å². The first-order valence-corrected chi connectivity index (χ1v) is 7.37. The van der Waals surface area contributed by atoms with Crippen LogP contribution in [0.15, 0.2) is 0 Å². The second-order valence-corrected chi connectivity index (χ2v) is 6.11. The van der Waals surface area contributed by atoms with E-state index in [4.69, 9.17) is 4.74 Å². The molecule has 2 heteroatoms. The van der Waals surface area contributed by atoms with Gasteiger partial charge in [-0.2, -0.15) is 0 Å². The zero-order chi connectivity index (χ0) is 12.7. The Balaban J connectivity index is 2.37. The third kappa shape index (κ3) is 5.39. The Bertz CT molecular complexity index is 203. The summed E-state index contributed by atoms with van der Waals surface area (Å²) in [5.41, 5.74) is 0.0484. The number of rotatable bonds is 7. The highest BCUT2D eigenvalue weighted by Gasteiger charge is 2.26. The normalized spacial score (nSPS) is 26.1. The van der Waals surface area contributed by atoms with Crippen molar-refractivity contribution in [1.29, 1.82) is 0 Å². The molecule has 0 aromatic rings. The van der Waals surface area contributed by atoms with Crippen molar-refractivity contribution in [3.8, 4) is 0 Å². The van der Waals surface area contributed by atoms with Gasteiger partial charge in [-0.3, -0.25) is 0 Å². The van der Waals surface area contributed by atoms with Crippen LogP contribution in [0.1, 0.15) is 65.7 Å². The molecule has 1 saturated carbocycles. The average molecular weight is 241 g/mol. The van der Waals surface area contributed by atoms with Gasteiger partial charge in [0.25, 0.3) is 0 Å². The molecule has 0 aliphatic heterocycles. The molecule has 0 spiro atoms. The predicted molar refractivity (Wildman–Crippen MR) is 74.4 cm³/mol. The molecule has 2 nitrogen and oxygen atoms in total. The molecule has 0 amide bonds. The first-order chi connectivity index (χ1) is 8.09. The summed E-state index contributed by atoms with van der Waals surface area (Å²) in [5.74, 6) is 0.865. The SMILES string of the molecule is CCCNC1CCCCC1CCC(C)(C)OC. The van der Waals surface area contributed by atoms with E-state index in [1.165, 1.54) is 51.5 Å². The molecule has 0 radical (unpaired) electrons. The molecule has 1 N–H and O–H groups in total. The molecule has 0 bridgehead atoms. The maximum Gasteiger partial charge on any atom is 0.0622 e. The monoisotopic (exact) mass is 241 g/mol. The summed E-state index contributed by atoms with van der Waals surface area (Å²) in [6.07, 6.45) is 9.33. The lowest BCUT2D eigenvalue weighted by Gasteiger charge is -2.34. The van der Waals surface area contributed by atoms with Gasteiger partial charge in [-0.05, 0) is 58.4 Å². The fourth-order valence-electron chi connectivity index (χ4n) is 2.79. The molecule has 0 aromatic carbocycles. The molecule has 2 unspecified atom stereocenters. The lowest BCUT2D eigenvalue weighted by molar-refractivity contribution is 0.00760. The molecule has 102 valence electrons. The van der Waals surface area contributed by atoms with Crippen LogP contribution in [0.3, 0.4) is 0 Å². The molecule has 1 aliphatic rings. The van der Waals surface area contributed by atoms with Gasteiger partial charge in [0, 0.05) is 13.2 Å². The van der Waals surface area contributed by atoms with E-state index in [1.54, 1.807) is 0 Å². The van der Waals surface area contributed by atoms with Crippen molar-refractivity contribution in [3.63, 3.8) is 0 Å². The van der Waals surface area contributed by atoms with Crippen LogP contribution in [0.4, 0.5) is 0 Å². The quantitative estimate of drug-likeness (QED) is 0.733. The van der Waals surface area contributed by atoms with Crippen LogP contribution in [-0.2, 0) is 4.74 Å². The Kier molecular flexibility index (Phi) is 6.50. The maximum absolute atomic E-state index is 5.52. The number of hydrogen-bond acceptors (Lipinski definition) is 2. The highest BCUT2D eigenvalue weighted by molar-refractivity contribution is 4.83. The Morgan fingerprint density at radius 1 is 1.24 bits per heavy atom. The van der Waals surface area contributed by atoms with Crippen molar-refractivity contribution in [1.82, 2.24) is 5.32 Å². The maximum atomic E-state index is 5.52. The summed E-state index contributed by atoms with van der Waals surface area (Å²) >= 11 is 0. The summed E-state index contributed by atoms with van der Waals surface area (Å²) < 4.78 is 5.52. The summed E-state index contributed by atoms with van der Waals surface area (Å²) in [7, 11) is 1.83. The van der Waals surface area contributed by atoms with E-state index in [2.05, 4.69) is 26.1 Å². The number of hydrogen-bond donors (Lipinski definition) is 1. The fraction of sp³-hybridized carbons (Fsp3) is 1.00. The molecular weight excluding hydrogens is 210 g/mol. The Morgan fingerprint density at radius 3 is 2.59 bits per heavy atom. The minimum atomic E-state index is 0.0484. The molecule has 1 aliphatic carbocycles. The summed E-state index contributed by atoms with van der Waals surface area (Å²) in [6.45, 7) is 7.82. The van der Waals surface area contributed by atoms with E-state index in [9.17, 15) is 0 Å². The first kappa shape index (κ1) is 15.0. The predicted octanol–water partition coefficient (Wildman–Crippen LogP) is 3.75. The van der Waals surface area contributed by atoms with Gasteiger partial charge in [0.1, 0.15) is 0 Å². The van der Waals surface area contributed by atoms with Crippen molar-refractivity contribution < 1.29 is 4.74 Å². The summed E-state index contributed by atoms with van der Waals surface area (Å²) in [4.78, 5) is 0. The van der Waals surface area contributed by atoms with Crippen LogP contribution < -0.4 is 5.32 Å². The second-order valence-electron chi connectivity index (χ2n) is 6.11. The zero-order valence-corrected chi connectivity index (χ0v) is 12.2. The number of ether oxygens (including phenoxy) is 1. The van der Waals surface area contributed by atoms with E-state index in [1.807, 2.05) is 7.11 Å². The molecule has 1 fully saturated rings. The molecule has 0 aromatic heterocycles. The topological polar surface area (TPSA) is 21.3 Å². The Hall–Kier alpha value is -0.0800. The highest BCUT2D eigenvalue weighted by atomic mass is 16.5. The van der Waals surface area contributed by atoms with Crippen LogP contribution in [-0.4, -0.2) is 25.3 Å². The van der Waals surface area contributed by atoms with Gasteiger partial charge >= 0.3 is 0 Å². The van der Waals surface area contributed by atoms with Crippen molar-refractivity contribution >= 4 is 0 Å². The Morgan fingerprint density at radius 2 is 1.94 bits per heavy atom. The Labute approximate surface area is 108 Å². The summed E-state index contributed by atoms with van der Waals surface area (Å²) in [5, 5.41) is 3.73. The van der Waals surface area contributed by atoms with Gasteiger partial charge in [-0.15, -0.1) is 0 Å². The van der Waals surface area contributed by atoms with Crippen molar-refractivity contribution in [2.24, 2.45) is 5.92 Å². The number of nitrogens with one attached hydrogen (secondary N) is 1. The first-order valence-electron chi connectivity index (χ1n) is 7.37. The van der Waals surface area contributed by atoms with Crippen molar-refractivity contribution in [3.05, 3.63) is 0 Å². The molecule has 1 rings (SSSR count). The van der Waals surface area contributed by atoms with Crippen molar-refractivity contribution in [2.45, 2.75) is 77.4 Å². The molecule has 0 saturated heterocycles.